The lowest BCUT2D eigenvalue weighted by Gasteiger charge is -2.06. The van der Waals surface area contributed by atoms with Crippen LogP contribution in [0.5, 0.6) is 5.75 Å². The van der Waals surface area contributed by atoms with Gasteiger partial charge in [0.25, 0.3) is 0 Å². The smallest absolute Gasteiger partial charge is 0.331 e. The number of para-hydroxylation sites is 1. The Morgan fingerprint density at radius 3 is 2.76 bits per heavy atom. The van der Waals surface area contributed by atoms with E-state index in [9.17, 15) is 4.79 Å². The Morgan fingerprint density at radius 2 is 2.12 bits per heavy atom. The molecule has 3 heteroatoms. The molecule has 17 heavy (non-hydrogen) atoms. The number of rotatable bonds is 5. The second-order valence-electron chi connectivity index (χ2n) is 3.54. The number of allylic oxidation sites excluding steroid dienone is 1. The van der Waals surface area contributed by atoms with Gasteiger partial charge in [-0.2, -0.15) is 0 Å². The number of aliphatic carboxylic acids is 1. The van der Waals surface area contributed by atoms with E-state index in [-0.39, 0.29) is 12.2 Å². The van der Waals surface area contributed by atoms with E-state index in [2.05, 4.69) is 0 Å². The maximum atomic E-state index is 10.6. The molecule has 1 aromatic rings. The van der Waals surface area contributed by atoms with Crippen LogP contribution in [-0.4, -0.2) is 17.7 Å². The summed E-state index contributed by atoms with van der Waals surface area (Å²) in [6.45, 7) is 3.74. The van der Waals surface area contributed by atoms with Crippen LogP contribution in [-0.2, 0) is 4.79 Å². The molecule has 0 saturated carbocycles. The van der Waals surface area contributed by atoms with E-state index < -0.39 is 5.97 Å². The molecule has 0 saturated heterocycles. The van der Waals surface area contributed by atoms with E-state index in [0.717, 1.165) is 11.3 Å². The van der Waals surface area contributed by atoms with Gasteiger partial charge in [-0.1, -0.05) is 30.4 Å². The summed E-state index contributed by atoms with van der Waals surface area (Å²) in [5.74, 6) is -0.171. The first-order valence-electron chi connectivity index (χ1n) is 5.39. The van der Waals surface area contributed by atoms with E-state index in [1.165, 1.54) is 0 Å². The van der Waals surface area contributed by atoms with Crippen molar-refractivity contribution in [2.75, 3.05) is 6.61 Å². The van der Waals surface area contributed by atoms with Gasteiger partial charge in [0.05, 0.1) is 0 Å². The van der Waals surface area contributed by atoms with Crippen LogP contribution in [0.15, 0.2) is 42.0 Å². The first-order chi connectivity index (χ1) is 8.15. The van der Waals surface area contributed by atoms with Crippen molar-refractivity contribution in [1.82, 2.24) is 0 Å². The van der Waals surface area contributed by atoms with Crippen LogP contribution in [0.4, 0.5) is 0 Å². The zero-order valence-corrected chi connectivity index (χ0v) is 10.0. The van der Waals surface area contributed by atoms with Crippen molar-refractivity contribution in [1.29, 1.82) is 0 Å². The SMILES string of the molecule is CC=Cc1ccccc1OCC=C(C)C(=O)O. The molecule has 0 heterocycles. The summed E-state index contributed by atoms with van der Waals surface area (Å²) in [7, 11) is 0. The van der Waals surface area contributed by atoms with E-state index >= 15 is 0 Å². The Balaban J connectivity index is 2.69. The minimum atomic E-state index is -0.921. The maximum absolute atomic E-state index is 10.6. The van der Waals surface area contributed by atoms with Gasteiger partial charge in [-0.05, 0) is 26.0 Å². The Labute approximate surface area is 101 Å². The molecule has 0 unspecified atom stereocenters. The van der Waals surface area contributed by atoms with Crippen molar-refractivity contribution in [3.63, 3.8) is 0 Å². The summed E-state index contributed by atoms with van der Waals surface area (Å²) in [5.41, 5.74) is 1.27. The minimum Gasteiger partial charge on any atom is -0.489 e. The molecule has 0 aromatic heterocycles. The molecule has 0 fully saturated rings. The molecule has 1 aromatic carbocycles. The second-order valence-corrected chi connectivity index (χ2v) is 3.54. The number of benzene rings is 1. The number of carbonyl (C=O) groups is 1. The van der Waals surface area contributed by atoms with Gasteiger partial charge in [0.2, 0.25) is 0 Å². The second kappa shape index (κ2) is 6.53. The fourth-order valence-electron chi connectivity index (χ4n) is 1.27. The van der Waals surface area contributed by atoms with Crippen molar-refractivity contribution in [2.45, 2.75) is 13.8 Å². The van der Waals surface area contributed by atoms with Gasteiger partial charge in [-0.15, -0.1) is 0 Å². The molecular formula is C14H16O3. The number of ether oxygens (including phenoxy) is 1. The zero-order valence-electron chi connectivity index (χ0n) is 10.0. The summed E-state index contributed by atoms with van der Waals surface area (Å²) in [4.78, 5) is 10.6. The minimum absolute atomic E-state index is 0.257. The van der Waals surface area contributed by atoms with Crippen molar-refractivity contribution < 1.29 is 14.6 Å². The number of carboxylic acid groups (broad SMARTS) is 1. The number of hydrogen-bond donors (Lipinski definition) is 1. The number of carboxylic acids is 1. The summed E-state index contributed by atoms with van der Waals surface area (Å²) in [6, 6.07) is 7.62. The molecule has 90 valence electrons. The van der Waals surface area contributed by atoms with Crippen molar-refractivity contribution in [3.05, 3.63) is 47.6 Å². The lowest BCUT2D eigenvalue weighted by Crippen LogP contribution is -2.01. The third-order valence-corrected chi connectivity index (χ3v) is 2.23. The first-order valence-corrected chi connectivity index (χ1v) is 5.39. The quantitative estimate of drug-likeness (QED) is 0.793. The van der Waals surface area contributed by atoms with E-state index in [4.69, 9.17) is 9.84 Å². The fraction of sp³-hybridized carbons (Fsp3) is 0.214. The predicted octanol–water partition coefficient (Wildman–Crippen LogP) is 3.13. The molecule has 0 aliphatic rings. The van der Waals surface area contributed by atoms with Gasteiger partial charge < -0.3 is 9.84 Å². The summed E-state index contributed by atoms with van der Waals surface area (Å²) in [6.07, 6.45) is 5.43. The van der Waals surface area contributed by atoms with Gasteiger partial charge in [-0.3, -0.25) is 0 Å². The highest BCUT2D eigenvalue weighted by Crippen LogP contribution is 2.19. The molecule has 0 spiro atoms. The van der Waals surface area contributed by atoms with E-state index in [0.29, 0.717) is 0 Å². The van der Waals surface area contributed by atoms with E-state index in [1.54, 1.807) is 13.0 Å². The average Bonchev–Trinajstić information content (AvgIpc) is 2.31. The summed E-state index contributed by atoms with van der Waals surface area (Å²) >= 11 is 0. The van der Waals surface area contributed by atoms with Gasteiger partial charge in [0, 0.05) is 11.1 Å². The zero-order chi connectivity index (χ0) is 12.7. The monoisotopic (exact) mass is 232 g/mol. The molecule has 0 atom stereocenters. The van der Waals surface area contributed by atoms with Crippen LogP contribution < -0.4 is 4.74 Å². The lowest BCUT2D eigenvalue weighted by atomic mass is 10.2. The highest BCUT2D eigenvalue weighted by atomic mass is 16.5. The van der Waals surface area contributed by atoms with Gasteiger partial charge >= 0.3 is 5.97 Å². The van der Waals surface area contributed by atoms with Crippen LogP contribution >= 0.6 is 0 Å². The molecule has 0 radical (unpaired) electrons. The van der Waals surface area contributed by atoms with Crippen molar-refractivity contribution >= 4 is 12.0 Å². The third kappa shape index (κ3) is 4.15. The fourth-order valence-corrected chi connectivity index (χ4v) is 1.27. The van der Waals surface area contributed by atoms with Crippen molar-refractivity contribution in [2.24, 2.45) is 0 Å². The molecule has 0 aliphatic heterocycles. The lowest BCUT2D eigenvalue weighted by molar-refractivity contribution is -0.132. The van der Waals surface area contributed by atoms with Crippen LogP contribution in [0, 0.1) is 0 Å². The van der Waals surface area contributed by atoms with Gasteiger partial charge in [0.1, 0.15) is 12.4 Å². The Bertz CT molecular complexity index is 445. The Morgan fingerprint density at radius 1 is 1.41 bits per heavy atom. The summed E-state index contributed by atoms with van der Waals surface area (Å²) in [5, 5.41) is 8.68. The highest BCUT2D eigenvalue weighted by Gasteiger charge is 2.00. The van der Waals surface area contributed by atoms with Crippen molar-refractivity contribution in [3.8, 4) is 5.75 Å². The topological polar surface area (TPSA) is 46.5 Å². The van der Waals surface area contributed by atoms with Crippen LogP contribution in [0.2, 0.25) is 0 Å². The molecule has 1 rings (SSSR count). The molecule has 1 N–H and O–H groups in total. The predicted molar refractivity (Wildman–Crippen MR) is 68.0 cm³/mol. The maximum Gasteiger partial charge on any atom is 0.331 e. The molecule has 3 nitrogen and oxygen atoms in total. The van der Waals surface area contributed by atoms with Gasteiger partial charge in [-0.25, -0.2) is 4.79 Å². The highest BCUT2D eigenvalue weighted by molar-refractivity contribution is 5.85. The van der Waals surface area contributed by atoms with Crippen LogP contribution in [0.3, 0.4) is 0 Å². The standard InChI is InChI=1S/C14H16O3/c1-3-6-12-7-4-5-8-13(12)17-10-9-11(2)14(15)16/h3-9H,10H2,1-2H3,(H,15,16). The normalized spacial score (nSPS) is 11.8. The molecule has 0 amide bonds. The van der Waals surface area contributed by atoms with Crippen LogP contribution in [0.1, 0.15) is 19.4 Å². The van der Waals surface area contributed by atoms with Crippen LogP contribution in [0.25, 0.3) is 6.08 Å². The average molecular weight is 232 g/mol. The Kier molecular flexibility index (Phi) is 5.01. The molecular weight excluding hydrogens is 216 g/mol. The number of hydrogen-bond acceptors (Lipinski definition) is 2. The Hall–Kier alpha value is -2.03. The molecule has 0 aliphatic carbocycles. The first kappa shape index (κ1) is 13.0. The van der Waals surface area contributed by atoms with Gasteiger partial charge in [0.15, 0.2) is 0 Å². The summed E-state index contributed by atoms with van der Waals surface area (Å²) < 4.78 is 5.52. The third-order valence-electron chi connectivity index (χ3n) is 2.23. The largest absolute Gasteiger partial charge is 0.489 e. The van der Waals surface area contributed by atoms with E-state index in [1.807, 2.05) is 43.3 Å². The molecule has 0 bridgehead atoms.